The number of rotatable bonds is 0. The molecule has 0 saturated carbocycles. The molecule has 1 nitrogen and oxygen atoms in total. The Balaban J connectivity index is 2.71. The summed E-state index contributed by atoms with van der Waals surface area (Å²) in [5, 5.41) is 9.46. The normalized spacial score (nSPS) is 14.9. The van der Waals surface area contributed by atoms with Gasteiger partial charge in [-0.25, -0.2) is 0 Å². The lowest BCUT2D eigenvalue weighted by atomic mass is 10.0. The van der Waals surface area contributed by atoms with Crippen LogP contribution < -0.4 is 0 Å². The zero-order valence-corrected chi connectivity index (χ0v) is 7.22. The fourth-order valence-corrected chi connectivity index (χ4v) is 1.87. The lowest BCUT2D eigenvalue weighted by Gasteiger charge is -2.06. The van der Waals surface area contributed by atoms with Crippen molar-refractivity contribution in [3.8, 4) is 5.75 Å². The number of hydrogen-bond acceptors (Lipinski definition) is 1. The van der Waals surface area contributed by atoms with Gasteiger partial charge in [-0.3, -0.25) is 0 Å². The van der Waals surface area contributed by atoms with E-state index in [1.807, 2.05) is 13.0 Å². The minimum atomic E-state index is 0.386. The van der Waals surface area contributed by atoms with Crippen LogP contribution in [0.25, 0.3) is 5.57 Å². The first-order valence-electron chi connectivity index (χ1n) is 4.19. The summed E-state index contributed by atoms with van der Waals surface area (Å²) in [6.07, 6.45) is 2.12. The lowest BCUT2D eigenvalue weighted by molar-refractivity contribution is 0.471. The summed E-state index contributed by atoms with van der Waals surface area (Å²) in [4.78, 5) is 0. The van der Waals surface area contributed by atoms with Crippen LogP contribution in [0.15, 0.2) is 18.7 Å². The van der Waals surface area contributed by atoms with E-state index in [4.69, 9.17) is 0 Å². The SMILES string of the molecule is C=C1CCc2ccc(O)c(C)c21. The van der Waals surface area contributed by atoms with E-state index in [-0.39, 0.29) is 0 Å². The van der Waals surface area contributed by atoms with Crippen molar-refractivity contribution in [1.82, 2.24) is 0 Å². The van der Waals surface area contributed by atoms with Crippen LogP contribution in [-0.2, 0) is 6.42 Å². The fourth-order valence-electron chi connectivity index (χ4n) is 1.87. The highest BCUT2D eigenvalue weighted by Gasteiger charge is 2.17. The summed E-state index contributed by atoms with van der Waals surface area (Å²) < 4.78 is 0. The van der Waals surface area contributed by atoms with Gasteiger partial charge in [0.05, 0.1) is 0 Å². The van der Waals surface area contributed by atoms with Gasteiger partial charge in [0.1, 0.15) is 5.75 Å². The van der Waals surface area contributed by atoms with Crippen molar-refractivity contribution in [2.75, 3.05) is 0 Å². The van der Waals surface area contributed by atoms with Gasteiger partial charge in [0.25, 0.3) is 0 Å². The molecule has 0 bridgehead atoms. The Hall–Kier alpha value is -1.24. The molecule has 0 spiro atoms. The molecule has 2 rings (SSSR count). The third-order valence-corrected chi connectivity index (χ3v) is 2.57. The highest BCUT2D eigenvalue weighted by Crippen LogP contribution is 2.36. The van der Waals surface area contributed by atoms with Gasteiger partial charge in [0.15, 0.2) is 0 Å². The summed E-state index contributed by atoms with van der Waals surface area (Å²) >= 11 is 0. The van der Waals surface area contributed by atoms with E-state index in [0.717, 1.165) is 18.4 Å². The number of phenols is 1. The molecular weight excluding hydrogens is 148 g/mol. The monoisotopic (exact) mass is 160 g/mol. The molecule has 0 aromatic heterocycles. The van der Waals surface area contributed by atoms with Gasteiger partial charge in [0.2, 0.25) is 0 Å². The number of fused-ring (bicyclic) bond motifs is 1. The Morgan fingerprint density at radius 3 is 2.83 bits per heavy atom. The van der Waals surface area contributed by atoms with Crippen molar-refractivity contribution in [2.24, 2.45) is 0 Å². The van der Waals surface area contributed by atoms with Crippen molar-refractivity contribution >= 4 is 5.57 Å². The van der Waals surface area contributed by atoms with Crippen molar-refractivity contribution in [2.45, 2.75) is 19.8 Å². The molecule has 1 N–H and O–H groups in total. The summed E-state index contributed by atoms with van der Waals surface area (Å²) in [7, 11) is 0. The molecule has 1 aromatic rings. The Bertz CT molecular complexity index is 350. The summed E-state index contributed by atoms with van der Waals surface area (Å²) in [5.74, 6) is 0.386. The second-order valence-corrected chi connectivity index (χ2v) is 3.35. The summed E-state index contributed by atoms with van der Waals surface area (Å²) in [6, 6.07) is 3.77. The average Bonchev–Trinajstić information content (AvgIpc) is 2.41. The quantitative estimate of drug-likeness (QED) is 0.618. The van der Waals surface area contributed by atoms with Gasteiger partial charge < -0.3 is 5.11 Å². The first-order valence-corrected chi connectivity index (χ1v) is 4.19. The van der Waals surface area contributed by atoms with Crippen LogP contribution in [0.2, 0.25) is 0 Å². The number of allylic oxidation sites excluding steroid dienone is 1. The molecule has 62 valence electrons. The van der Waals surface area contributed by atoms with E-state index in [1.165, 1.54) is 16.7 Å². The first kappa shape index (κ1) is 7.41. The van der Waals surface area contributed by atoms with Gasteiger partial charge in [-0.2, -0.15) is 0 Å². The van der Waals surface area contributed by atoms with Crippen LogP contribution in [0.4, 0.5) is 0 Å². The van der Waals surface area contributed by atoms with Gasteiger partial charge in [-0.1, -0.05) is 12.6 Å². The van der Waals surface area contributed by atoms with Crippen molar-refractivity contribution in [3.05, 3.63) is 35.4 Å². The van der Waals surface area contributed by atoms with E-state index in [1.54, 1.807) is 6.07 Å². The van der Waals surface area contributed by atoms with Crippen LogP contribution in [0, 0.1) is 6.92 Å². The Kier molecular flexibility index (Phi) is 1.47. The van der Waals surface area contributed by atoms with Gasteiger partial charge in [-0.15, -0.1) is 0 Å². The molecular formula is C11H12O. The Labute approximate surface area is 72.4 Å². The summed E-state index contributed by atoms with van der Waals surface area (Å²) in [5.41, 5.74) is 4.67. The van der Waals surface area contributed by atoms with E-state index >= 15 is 0 Å². The molecule has 0 radical (unpaired) electrons. The third-order valence-electron chi connectivity index (χ3n) is 2.57. The maximum atomic E-state index is 9.46. The molecule has 1 aliphatic carbocycles. The second-order valence-electron chi connectivity index (χ2n) is 3.35. The van der Waals surface area contributed by atoms with Gasteiger partial charge in [-0.05, 0) is 48.1 Å². The number of benzene rings is 1. The molecule has 1 heteroatoms. The zero-order chi connectivity index (χ0) is 8.72. The number of aryl methyl sites for hydroxylation is 1. The number of aromatic hydroxyl groups is 1. The first-order chi connectivity index (χ1) is 5.70. The highest BCUT2D eigenvalue weighted by molar-refractivity contribution is 5.74. The minimum absolute atomic E-state index is 0.386. The van der Waals surface area contributed by atoms with Crippen LogP contribution in [0.1, 0.15) is 23.1 Å². The lowest BCUT2D eigenvalue weighted by Crippen LogP contribution is -1.86. The van der Waals surface area contributed by atoms with E-state index in [9.17, 15) is 5.11 Å². The van der Waals surface area contributed by atoms with Gasteiger partial charge >= 0.3 is 0 Å². The predicted octanol–water partition coefficient (Wildman–Crippen LogP) is 2.66. The van der Waals surface area contributed by atoms with Crippen LogP contribution in [0.3, 0.4) is 0 Å². The maximum absolute atomic E-state index is 9.46. The maximum Gasteiger partial charge on any atom is 0.119 e. The molecule has 0 saturated heterocycles. The highest BCUT2D eigenvalue weighted by atomic mass is 16.3. The number of phenolic OH excluding ortho intramolecular Hbond substituents is 1. The van der Waals surface area contributed by atoms with E-state index < -0.39 is 0 Å². The van der Waals surface area contributed by atoms with E-state index in [0.29, 0.717) is 5.75 Å². The Morgan fingerprint density at radius 1 is 1.33 bits per heavy atom. The molecule has 0 amide bonds. The standard InChI is InChI=1S/C11H12O/c1-7-3-4-9-5-6-10(12)8(2)11(7)9/h5-6,12H,1,3-4H2,2H3. The smallest absolute Gasteiger partial charge is 0.119 e. The molecule has 0 aliphatic heterocycles. The van der Waals surface area contributed by atoms with Crippen molar-refractivity contribution in [3.63, 3.8) is 0 Å². The topological polar surface area (TPSA) is 20.2 Å². The molecule has 12 heavy (non-hydrogen) atoms. The second kappa shape index (κ2) is 2.37. The molecule has 0 unspecified atom stereocenters. The van der Waals surface area contributed by atoms with Crippen LogP contribution >= 0.6 is 0 Å². The molecule has 1 aromatic carbocycles. The zero-order valence-electron chi connectivity index (χ0n) is 7.22. The largest absolute Gasteiger partial charge is 0.508 e. The van der Waals surface area contributed by atoms with Crippen molar-refractivity contribution in [1.29, 1.82) is 0 Å². The molecule has 0 atom stereocenters. The third kappa shape index (κ3) is 0.860. The molecule has 0 heterocycles. The van der Waals surface area contributed by atoms with E-state index in [2.05, 4.69) is 6.58 Å². The summed E-state index contributed by atoms with van der Waals surface area (Å²) in [6.45, 7) is 5.94. The van der Waals surface area contributed by atoms with Gasteiger partial charge in [0, 0.05) is 0 Å². The molecule has 1 aliphatic rings. The number of hydrogen-bond donors (Lipinski definition) is 1. The predicted molar refractivity (Wildman–Crippen MR) is 50.2 cm³/mol. The fraction of sp³-hybridized carbons (Fsp3) is 0.273. The average molecular weight is 160 g/mol. The van der Waals surface area contributed by atoms with Crippen LogP contribution in [-0.4, -0.2) is 5.11 Å². The Morgan fingerprint density at radius 2 is 2.08 bits per heavy atom. The molecule has 0 fully saturated rings. The van der Waals surface area contributed by atoms with Crippen LogP contribution in [0.5, 0.6) is 5.75 Å². The van der Waals surface area contributed by atoms with Crippen molar-refractivity contribution < 1.29 is 5.11 Å². The minimum Gasteiger partial charge on any atom is -0.508 e.